The molecule has 0 spiro atoms. The van der Waals surface area contributed by atoms with Gasteiger partial charge in [-0.25, -0.2) is 14.2 Å². The van der Waals surface area contributed by atoms with Gasteiger partial charge in [0, 0.05) is 48.3 Å². The van der Waals surface area contributed by atoms with Gasteiger partial charge in [0.15, 0.2) is 12.4 Å². The molecule has 1 amide bonds. The number of fused-ring (bicyclic) bond motifs is 2. The van der Waals surface area contributed by atoms with E-state index in [0.717, 1.165) is 67.7 Å². The zero-order chi connectivity index (χ0) is 28.9. The number of carbonyl (C=O) groups excluding carboxylic acids is 1. The summed E-state index contributed by atoms with van der Waals surface area (Å²) in [4.78, 5) is 32.6. The van der Waals surface area contributed by atoms with Crippen LogP contribution in [0.25, 0.3) is 11.0 Å². The molecule has 5 rings (SSSR count). The number of halogens is 1. The van der Waals surface area contributed by atoms with Gasteiger partial charge in [-0.05, 0) is 70.2 Å². The van der Waals surface area contributed by atoms with Crippen LogP contribution in [-0.4, -0.2) is 58.7 Å². The summed E-state index contributed by atoms with van der Waals surface area (Å²) in [5.41, 5.74) is 2.84. The summed E-state index contributed by atoms with van der Waals surface area (Å²) in [6.45, 7) is 9.53. The molecule has 10 nitrogen and oxygen atoms in total. The first-order valence-corrected chi connectivity index (χ1v) is 14.7. The zero-order valence-corrected chi connectivity index (χ0v) is 24.2. The molecule has 1 saturated heterocycles. The molecule has 4 heterocycles. The second-order valence-corrected chi connectivity index (χ2v) is 11.3. The third-order valence-electron chi connectivity index (χ3n) is 8.50. The predicted molar refractivity (Wildman–Crippen MR) is 151 cm³/mol. The van der Waals surface area contributed by atoms with E-state index in [0.29, 0.717) is 43.3 Å². The number of likely N-dealkylation sites (tertiary alicyclic amines) is 1. The Morgan fingerprint density at radius 2 is 2.05 bits per heavy atom. The van der Waals surface area contributed by atoms with Crippen molar-refractivity contribution in [1.29, 1.82) is 0 Å². The van der Waals surface area contributed by atoms with Gasteiger partial charge in [0.1, 0.15) is 17.7 Å². The van der Waals surface area contributed by atoms with Crippen LogP contribution in [0.5, 0.6) is 0 Å². The number of alkyl carbamates (subject to hydrolysis) is 1. The van der Waals surface area contributed by atoms with Crippen molar-refractivity contribution < 1.29 is 23.2 Å². The van der Waals surface area contributed by atoms with Crippen molar-refractivity contribution >= 4 is 17.1 Å². The first-order chi connectivity index (χ1) is 19.8. The highest BCUT2D eigenvalue weighted by atomic mass is 19.1. The Hall–Kier alpha value is -3.31. The second kappa shape index (κ2) is 13.1. The Labute approximate surface area is 239 Å². The molecule has 11 heteroatoms. The largest absolute Gasteiger partial charge is 0.422 e. The van der Waals surface area contributed by atoms with Gasteiger partial charge in [-0.2, -0.15) is 0 Å². The SMILES string of the molecule is CCC(C)CNC(=O)OCOC1CCCn2c1nc(C)c(CCN1CCC(c3noc4cc(F)ccc34)CC1)c2=O. The number of aryl methyl sites for hydroxylation is 1. The number of hydrogen-bond donors (Lipinski definition) is 1. The molecule has 0 saturated carbocycles. The van der Waals surface area contributed by atoms with Gasteiger partial charge in [-0.1, -0.05) is 25.4 Å². The van der Waals surface area contributed by atoms with Crippen LogP contribution in [0.3, 0.4) is 0 Å². The summed E-state index contributed by atoms with van der Waals surface area (Å²) >= 11 is 0. The van der Waals surface area contributed by atoms with E-state index >= 15 is 0 Å². The van der Waals surface area contributed by atoms with Crippen molar-refractivity contribution in [2.45, 2.75) is 77.9 Å². The normalized spacial score (nSPS) is 18.8. The minimum atomic E-state index is -0.508. The third kappa shape index (κ3) is 6.78. The van der Waals surface area contributed by atoms with E-state index in [2.05, 4.69) is 29.2 Å². The molecule has 2 aliphatic heterocycles. The lowest BCUT2D eigenvalue weighted by Crippen LogP contribution is -2.38. The standard InChI is InChI=1S/C30H40FN5O5/c1-4-19(2)17-32-30(38)40-18-39-25-6-5-12-36-28(25)33-20(3)23(29(36)37)11-15-35-13-9-21(10-14-35)27-24-8-7-22(31)16-26(24)41-34-27/h7-8,16,19,21,25H,4-6,9-15,17-18H2,1-3H3,(H,32,38). The van der Waals surface area contributed by atoms with E-state index in [1.165, 1.54) is 12.1 Å². The average molecular weight is 570 g/mol. The van der Waals surface area contributed by atoms with Crippen molar-refractivity contribution in [2.24, 2.45) is 5.92 Å². The quantitative estimate of drug-likeness (QED) is 0.346. The molecule has 1 aromatic carbocycles. The maximum absolute atomic E-state index is 13.5. The number of nitrogens with one attached hydrogen (secondary N) is 1. The summed E-state index contributed by atoms with van der Waals surface area (Å²) in [6.07, 6.45) is 4.06. The second-order valence-electron chi connectivity index (χ2n) is 11.3. The fourth-order valence-electron chi connectivity index (χ4n) is 5.74. The monoisotopic (exact) mass is 569 g/mol. The minimum Gasteiger partial charge on any atom is -0.422 e. The highest BCUT2D eigenvalue weighted by molar-refractivity contribution is 5.79. The zero-order valence-electron chi connectivity index (χ0n) is 24.2. The van der Waals surface area contributed by atoms with Crippen molar-refractivity contribution in [3.8, 4) is 0 Å². The first kappa shape index (κ1) is 29.2. The highest BCUT2D eigenvalue weighted by Crippen LogP contribution is 2.33. The maximum Gasteiger partial charge on any atom is 0.409 e. The summed E-state index contributed by atoms with van der Waals surface area (Å²) in [6, 6.07) is 4.57. The van der Waals surface area contributed by atoms with Crippen LogP contribution in [0.1, 0.15) is 80.7 Å². The molecular weight excluding hydrogens is 529 g/mol. The predicted octanol–water partition coefficient (Wildman–Crippen LogP) is 4.84. The van der Waals surface area contributed by atoms with E-state index in [1.54, 1.807) is 10.6 Å². The van der Waals surface area contributed by atoms with E-state index in [4.69, 9.17) is 19.0 Å². The van der Waals surface area contributed by atoms with Crippen LogP contribution in [-0.2, 0) is 22.4 Å². The third-order valence-corrected chi connectivity index (χ3v) is 8.50. The highest BCUT2D eigenvalue weighted by Gasteiger charge is 2.28. The van der Waals surface area contributed by atoms with Gasteiger partial charge in [0.25, 0.3) is 5.56 Å². The van der Waals surface area contributed by atoms with Crippen LogP contribution in [0.2, 0.25) is 0 Å². The Balaban J connectivity index is 1.15. The van der Waals surface area contributed by atoms with Crippen molar-refractivity contribution in [3.05, 3.63) is 57.1 Å². The molecule has 222 valence electrons. The van der Waals surface area contributed by atoms with Gasteiger partial charge < -0.3 is 24.2 Å². The van der Waals surface area contributed by atoms with Gasteiger partial charge in [0.2, 0.25) is 0 Å². The molecular formula is C30H40FN5O5. The lowest BCUT2D eigenvalue weighted by atomic mass is 9.91. The molecule has 2 aliphatic rings. The summed E-state index contributed by atoms with van der Waals surface area (Å²) in [7, 11) is 0. The first-order valence-electron chi connectivity index (χ1n) is 14.7. The number of carbonyl (C=O) groups is 1. The number of nitrogens with zero attached hydrogens (tertiary/aromatic N) is 4. The molecule has 3 aromatic rings. The summed E-state index contributed by atoms with van der Waals surface area (Å²) in [5.74, 6) is 0.920. The van der Waals surface area contributed by atoms with Crippen molar-refractivity contribution in [2.75, 3.05) is 33.0 Å². The van der Waals surface area contributed by atoms with Crippen LogP contribution in [0.4, 0.5) is 9.18 Å². The number of benzene rings is 1. The lowest BCUT2D eigenvalue weighted by molar-refractivity contribution is -0.0709. The Bertz CT molecular complexity index is 1410. The molecule has 0 bridgehead atoms. The number of ether oxygens (including phenoxy) is 2. The number of amides is 1. The number of hydrogen-bond acceptors (Lipinski definition) is 8. The summed E-state index contributed by atoms with van der Waals surface area (Å²) in [5, 5.41) is 7.86. The van der Waals surface area contributed by atoms with Crippen LogP contribution in [0, 0.1) is 18.7 Å². The van der Waals surface area contributed by atoms with Gasteiger partial charge in [-0.15, -0.1) is 0 Å². The van der Waals surface area contributed by atoms with Crippen molar-refractivity contribution in [3.63, 3.8) is 0 Å². The molecule has 2 aromatic heterocycles. The molecule has 0 radical (unpaired) electrons. The van der Waals surface area contributed by atoms with Crippen LogP contribution < -0.4 is 10.9 Å². The topological polar surface area (TPSA) is 112 Å². The maximum atomic E-state index is 13.5. The Morgan fingerprint density at radius 3 is 2.83 bits per heavy atom. The van der Waals surface area contributed by atoms with E-state index in [9.17, 15) is 14.0 Å². The average Bonchev–Trinajstić information content (AvgIpc) is 3.39. The van der Waals surface area contributed by atoms with Gasteiger partial charge >= 0.3 is 6.09 Å². The lowest BCUT2D eigenvalue weighted by Gasteiger charge is -2.31. The van der Waals surface area contributed by atoms with Crippen LogP contribution >= 0.6 is 0 Å². The molecule has 2 atom stereocenters. The van der Waals surface area contributed by atoms with Crippen LogP contribution in [0.15, 0.2) is 27.5 Å². The van der Waals surface area contributed by atoms with E-state index < -0.39 is 12.2 Å². The van der Waals surface area contributed by atoms with Gasteiger partial charge in [0.05, 0.1) is 5.69 Å². The number of aromatic nitrogens is 3. The minimum absolute atomic E-state index is 0.0100. The van der Waals surface area contributed by atoms with E-state index in [1.807, 2.05) is 6.92 Å². The number of piperidine rings is 1. The summed E-state index contributed by atoms with van der Waals surface area (Å²) < 4.78 is 31.6. The fraction of sp³-hybridized carbons (Fsp3) is 0.600. The fourth-order valence-corrected chi connectivity index (χ4v) is 5.74. The molecule has 2 unspecified atom stereocenters. The Kier molecular flexibility index (Phi) is 9.34. The molecule has 41 heavy (non-hydrogen) atoms. The molecule has 1 N–H and O–H groups in total. The van der Waals surface area contributed by atoms with Crippen molar-refractivity contribution in [1.82, 2.24) is 24.9 Å². The van der Waals surface area contributed by atoms with Gasteiger partial charge in [-0.3, -0.25) is 9.36 Å². The smallest absolute Gasteiger partial charge is 0.409 e. The number of rotatable bonds is 10. The Morgan fingerprint density at radius 1 is 1.24 bits per heavy atom. The molecule has 1 fully saturated rings. The molecule has 0 aliphatic carbocycles. The van der Waals surface area contributed by atoms with E-state index in [-0.39, 0.29) is 24.1 Å².